The Hall–Kier alpha value is -3.21. The highest BCUT2D eigenvalue weighted by atomic mass is 32.2. The molecule has 2 N–H and O–H groups in total. The summed E-state index contributed by atoms with van der Waals surface area (Å²) in [6, 6.07) is 12.9. The highest BCUT2D eigenvalue weighted by molar-refractivity contribution is 7.89. The van der Waals surface area contributed by atoms with Gasteiger partial charge in [0.05, 0.1) is 30.1 Å². The molecule has 1 heterocycles. The number of aromatic nitrogens is 2. The summed E-state index contributed by atoms with van der Waals surface area (Å²) in [5, 5.41) is 2.78. The minimum Gasteiger partial charge on any atom is -0.490 e. The number of methoxy groups -OCH3 is 1. The molecule has 0 unspecified atom stereocenters. The molecule has 2 aromatic carbocycles. The summed E-state index contributed by atoms with van der Waals surface area (Å²) in [6.07, 6.45) is 5.22. The van der Waals surface area contributed by atoms with Crippen LogP contribution in [0.1, 0.15) is 10.4 Å². The van der Waals surface area contributed by atoms with Crippen LogP contribution in [0.2, 0.25) is 0 Å². The van der Waals surface area contributed by atoms with Crippen molar-refractivity contribution in [2.75, 3.05) is 32.2 Å². The van der Waals surface area contributed by atoms with Gasteiger partial charge in [0.2, 0.25) is 10.0 Å². The van der Waals surface area contributed by atoms with E-state index in [-0.39, 0.29) is 23.6 Å². The SMILES string of the molecule is COCCNS(=O)(=O)c1cccc(C(=O)Nc2ccccc2OCCn2ccnc2)c1. The summed E-state index contributed by atoms with van der Waals surface area (Å²) < 4.78 is 39.7. The Morgan fingerprint density at radius 3 is 2.74 bits per heavy atom. The Kier molecular flexibility index (Phi) is 7.76. The molecule has 31 heavy (non-hydrogen) atoms. The van der Waals surface area contributed by atoms with Crippen molar-refractivity contribution in [2.24, 2.45) is 0 Å². The molecule has 0 atom stereocenters. The van der Waals surface area contributed by atoms with E-state index in [1.165, 1.54) is 25.3 Å². The second-order valence-electron chi connectivity index (χ2n) is 6.52. The number of carbonyl (C=O) groups is 1. The molecule has 164 valence electrons. The van der Waals surface area contributed by atoms with E-state index < -0.39 is 15.9 Å². The normalized spacial score (nSPS) is 11.3. The lowest BCUT2D eigenvalue weighted by molar-refractivity contribution is 0.102. The molecule has 0 radical (unpaired) electrons. The Bertz CT molecular complexity index is 1100. The van der Waals surface area contributed by atoms with E-state index in [4.69, 9.17) is 9.47 Å². The first-order valence-corrected chi connectivity index (χ1v) is 11.1. The highest BCUT2D eigenvalue weighted by Crippen LogP contribution is 2.24. The number of para-hydroxylation sites is 2. The van der Waals surface area contributed by atoms with Crippen molar-refractivity contribution in [3.8, 4) is 5.75 Å². The summed E-state index contributed by atoms with van der Waals surface area (Å²) in [6.45, 7) is 1.39. The number of rotatable bonds is 11. The molecular weight excluding hydrogens is 420 g/mol. The minimum absolute atomic E-state index is 0.00104. The number of benzene rings is 2. The summed E-state index contributed by atoms with van der Waals surface area (Å²) in [4.78, 5) is 16.7. The van der Waals surface area contributed by atoms with Gasteiger partial charge in [-0.15, -0.1) is 0 Å². The van der Waals surface area contributed by atoms with E-state index in [1.807, 2.05) is 10.8 Å². The van der Waals surface area contributed by atoms with Gasteiger partial charge in [-0.05, 0) is 30.3 Å². The number of imidazole rings is 1. The molecule has 0 aliphatic carbocycles. The maximum atomic E-state index is 12.8. The molecule has 9 nitrogen and oxygen atoms in total. The van der Waals surface area contributed by atoms with Crippen LogP contribution in [-0.4, -0.2) is 50.7 Å². The molecule has 0 saturated heterocycles. The number of nitrogens with zero attached hydrogens (tertiary/aromatic N) is 2. The van der Waals surface area contributed by atoms with Crippen LogP contribution in [0.4, 0.5) is 5.69 Å². The fourth-order valence-electron chi connectivity index (χ4n) is 2.74. The van der Waals surface area contributed by atoms with Gasteiger partial charge < -0.3 is 19.4 Å². The van der Waals surface area contributed by atoms with Gasteiger partial charge in [-0.3, -0.25) is 4.79 Å². The number of ether oxygens (including phenoxy) is 2. The summed E-state index contributed by atoms with van der Waals surface area (Å²) >= 11 is 0. The van der Waals surface area contributed by atoms with E-state index in [2.05, 4.69) is 15.0 Å². The van der Waals surface area contributed by atoms with Crippen LogP contribution in [0.3, 0.4) is 0 Å². The Morgan fingerprint density at radius 2 is 1.97 bits per heavy atom. The van der Waals surface area contributed by atoms with E-state index in [0.717, 1.165) is 0 Å². The zero-order valence-electron chi connectivity index (χ0n) is 17.0. The maximum absolute atomic E-state index is 12.8. The molecule has 1 amide bonds. The molecule has 3 aromatic rings. The van der Waals surface area contributed by atoms with Crippen molar-refractivity contribution in [3.05, 3.63) is 72.8 Å². The molecule has 3 rings (SSSR count). The summed E-state index contributed by atoms with van der Waals surface area (Å²) in [5.41, 5.74) is 0.701. The van der Waals surface area contributed by atoms with Crippen molar-refractivity contribution >= 4 is 21.6 Å². The van der Waals surface area contributed by atoms with Gasteiger partial charge in [0.25, 0.3) is 5.91 Å². The number of nitrogens with one attached hydrogen (secondary N) is 2. The average molecular weight is 445 g/mol. The predicted molar refractivity (Wildman–Crippen MR) is 116 cm³/mol. The van der Waals surface area contributed by atoms with Gasteiger partial charge in [-0.2, -0.15) is 0 Å². The number of hydrogen-bond donors (Lipinski definition) is 2. The molecular formula is C21H24N4O5S. The standard InChI is InChI=1S/C21H24N4O5S/c1-29-13-10-23-31(27,28)18-6-4-5-17(15-18)21(26)24-19-7-2-3-8-20(19)30-14-12-25-11-9-22-16-25/h2-9,11,15-16,23H,10,12-14H2,1H3,(H,24,26). The van der Waals surface area contributed by atoms with Crippen molar-refractivity contribution in [1.82, 2.24) is 14.3 Å². The van der Waals surface area contributed by atoms with Crippen LogP contribution < -0.4 is 14.8 Å². The molecule has 1 aromatic heterocycles. The Morgan fingerprint density at radius 1 is 1.13 bits per heavy atom. The second-order valence-corrected chi connectivity index (χ2v) is 8.28. The van der Waals surface area contributed by atoms with Crippen LogP contribution in [0.5, 0.6) is 5.75 Å². The monoisotopic (exact) mass is 444 g/mol. The number of sulfonamides is 1. The number of hydrogen-bond acceptors (Lipinski definition) is 6. The Balaban J connectivity index is 1.67. The third-order valence-corrected chi connectivity index (χ3v) is 5.76. The topological polar surface area (TPSA) is 112 Å². The summed E-state index contributed by atoms with van der Waals surface area (Å²) in [5.74, 6) is 0.0700. The molecule has 0 aliphatic heterocycles. The molecule has 0 saturated carbocycles. The zero-order valence-corrected chi connectivity index (χ0v) is 17.8. The largest absolute Gasteiger partial charge is 0.490 e. The van der Waals surface area contributed by atoms with Crippen molar-refractivity contribution in [1.29, 1.82) is 0 Å². The Labute approximate surface area is 181 Å². The van der Waals surface area contributed by atoms with Gasteiger partial charge in [0, 0.05) is 31.6 Å². The van der Waals surface area contributed by atoms with Crippen LogP contribution in [0.25, 0.3) is 0 Å². The third-order valence-electron chi connectivity index (χ3n) is 4.31. The smallest absolute Gasteiger partial charge is 0.255 e. The number of amides is 1. The van der Waals surface area contributed by atoms with E-state index in [1.54, 1.807) is 42.9 Å². The number of anilines is 1. The van der Waals surface area contributed by atoms with Crippen LogP contribution in [0.15, 0.2) is 72.1 Å². The number of carbonyl (C=O) groups excluding carboxylic acids is 1. The van der Waals surface area contributed by atoms with Gasteiger partial charge in [-0.25, -0.2) is 18.1 Å². The lowest BCUT2D eigenvalue weighted by Crippen LogP contribution is -2.27. The summed E-state index contributed by atoms with van der Waals surface area (Å²) in [7, 11) is -2.26. The third kappa shape index (κ3) is 6.38. The lowest BCUT2D eigenvalue weighted by atomic mass is 10.2. The van der Waals surface area contributed by atoms with E-state index >= 15 is 0 Å². The van der Waals surface area contributed by atoms with Crippen LogP contribution >= 0.6 is 0 Å². The lowest BCUT2D eigenvalue weighted by Gasteiger charge is -2.13. The quantitative estimate of drug-likeness (QED) is 0.438. The van der Waals surface area contributed by atoms with Gasteiger partial charge in [0.1, 0.15) is 12.4 Å². The van der Waals surface area contributed by atoms with Crippen LogP contribution in [0, 0.1) is 0 Å². The molecule has 0 aliphatic rings. The average Bonchev–Trinajstić information content (AvgIpc) is 3.29. The molecule has 0 bridgehead atoms. The molecule has 0 fully saturated rings. The van der Waals surface area contributed by atoms with Gasteiger partial charge in [-0.1, -0.05) is 18.2 Å². The maximum Gasteiger partial charge on any atom is 0.255 e. The highest BCUT2D eigenvalue weighted by Gasteiger charge is 2.16. The first kappa shape index (κ1) is 22.5. The zero-order chi connectivity index (χ0) is 22.1. The van der Waals surface area contributed by atoms with E-state index in [9.17, 15) is 13.2 Å². The first-order chi connectivity index (χ1) is 15.0. The van der Waals surface area contributed by atoms with Crippen molar-refractivity contribution in [2.45, 2.75) is 11.4 Å². The van der Waals surface area contributed by atoms with Crippen molar-refractivity contribution in [3.63, 3.8) is 0 Å². The predicted octanol–water partition coefficient (Wildman–Crippen LogP) is 2.14. The second kappa shape index (κ2) is 10.7. The van der Waals surface area contributed by atoms with Crippen molar-refractivity contribution < 1.29 is 22.7 Å². The van der Waals surface area contributed by atoms with Gasteiger partial charge >= 0.3 is 0 Å². The fourth-order valence-corrected chi connectivity index (χ4v) is 3.79. The molecule has 10 heteroatoms. The van der Waals surface area contributed by atoms with E-state index in [0.29, 0.717) is 24.6 Å². The fraction of sp³-hybridized carbons (Fsp3) is 0.238. The first-order valence-electron chi connectivity index (χ1n) is 9.57. The molecule has 0 spiro atoms. The van der Waals surface area contributed by atoms with Crippen LogP contribution in [-0.2, 0) is 21.3 Å². The van der Waals surface area contributed by atoms with Gasteiger partial charge in [0.15, 0.2) is 0 Å². The minimum atomic E-state index is -3.75.